The van der Waals surface area contributed by atoms with Gasteiger partial charge in [0, 0.05) is 35.9 Å². The van der Waals surface area contributed by atoms with Crippen LogP contribution >= 0.6 is 0 Å². The topological polar surface area (TPSA) is 73.5 Å². The minimum atomic E-state index is -0.294. The fraction of sp³-hybridized carbons (Fsp3) is 0.194. The van der Waals surface area contributed by atoms with Gasteiger partial charge < -0.3 is 9.88 Å². The normalized spacial score (nSPS) is 15.0. The first kappa shape index (κ1) is 23.9. The van der Waals surface area contributed by atoms with Crippen molar-refractivity contribution in [3.63, 3.8) is 0 Å². The highest BCUT2D eigenvalue weighted by Crippen LogP contribution is 2.33. The molecule has 6 rings (SSSR count). The molecule has 7 heteroatoms. The van der Waals surface area contributed by atoms with Crippen molar-refractivity contribution in [1.82, 2.24) is 30.0 Å². The third-order valence-electron chi connectivity index (χ3n) is 7.07. The van der Waals surface area contributed by atoms with Crippen LogP contribution in [0.15, 0.2) is 84.9 Å². The van der Waals surface area contributed by atoms with Crippen LogP contribution < -0.4 is 0 Å². The van der Waals surface area contributed by atoms with Crippen molar-refractivity contribution < 1.29 is 4.39 Å². The summed E-state index contributed by atoms with van der Waals surface area (Å²) in [6.45, 7) is 6.32. The van der Waals surface area contributed by atoms with Crippen molar-refractivity contribution in [1.29, 1.82) is 0 Å². The van der Waals surface area contributed by atoms with Gasteiger partial charge in [0.1, 0.15) is 11.5 Å². The van der Waals surface area contributed by atoms with Gasteiger partial charge in [-0.1, -0.05) is 30.4 Å². The summed E-state index contributed by atoms with van der Waals surface area (Å²) in [5.41, 5.74) is 8.17. The summed E-state index contributed by atoms with van der Waals surface area (Å²) in [6, 6.07) is 12.8. The highest BCUT2D eigenvalue weighted by atomic mass is 19.1. The largest absolute Gasteiger partial charge is 0.372 e. The lowest BCUT2D eigenvalue weighted by Gasteiger charge is -2.19. The number of rotatable bonds is 6. The first-order valence-corrected chi connectivity index (χ1v) is 13.0. The zero-order valence-corrected chi connectivity index (χ0v) is 21.5. The Hall–Kier alpha value is -4.52. The number of H-pyrrole nitrogens is 2. The lowest BCUT2D eigenvalue weighted by Crippen LogP contribution is -2.17. The summed E-state index contributed by atoms with van der Waals surface area (Å²) >= 11 is 0. The molecule has 0 spiro atoms. The monoisotopic (exact) mass is 504 g/mol. The van der Waals surface area contributed by atoms with Crippen LogP contribution in [0.3, 0.4) is 0 Å². The van der Waals surface area contributed by atoms with Crippen molar-refractivity contribution in [3.05, 3.63) is 96.2 Å². The first-order valence-electron chi connectivity index (χ1n) is 13.0. The molecule has 38 heavy (non-hydrogen) atoms. The SMILES string of the molecule is C/C=C/C(=C\C(=C/C)c1ccc2[nH]nc(-c3nc4c(-c5cccc(F)c5)cncc4[nH]3)c2c1)N1CCCC1. The maximum absolute atomic E-state index is 13.9. The molecule has 0 aliphatic carbocycles. The van der Waals surface area contributed by atoms with E-state index < -0.39 is 0 Å². The quantitative estimate of drug-likeness (QED) is 0.239. The number of aromatic nitrogens is 5. The summed E-state index contributed by atoms with van der Waals surface area (Å²) in [6.07, 6.45) is 14.6. The van der Waals surface area contributed by atoms with Crippen LogP contribution in [-0.2, 0) is 0 Å². The van der Waals surface area contributed by atoms with Crippen LogP contribution in [0.1, 0.15) is 32.3 Å². The van der Waals surface area contributed by atoms with Gasteiger partial charge in [0.2, 0.25) is 0 Å². The molecule has 1 fully saturated rings. The van der Waals surface area contributed by atoms with E-state index in [-0.39, 0.29) is 5.82 Å². The molecule has 0 unspecified atom stereocenters. The number of hydrogen-bond donors (Lipinski definition) is 2. The highest BCUT2D eigenvalue weighted by Gasteiger charge is 2.17. The van der Waals surface area contributed by atoms with Crippen molar-refractivity contribution in [2.24, 2.45) is 0 Å². The van der Waals surface area contributed by atoms with E-state index in [2.05, 4.69) is 81.4 Å². The molecule has 2 N–H and O–H groups in total. The Morgan fingerprint density at radius 3 is 2.68 bits per heavy atom. The van der Waals surface area contributed by atoms with Crippen LogP contribution in [0.5, 0.6) is 0 Å². The summed E-state index contributed by atoms with van der Waals surface area (Å²) < 4.78 is 13.9. The molecule has 1 aliphatic heterocycles. The van der Waals surface area contributed by atoms with Gasteiger partial charge in [-0.2, -0.15) is 5.10 Å². The molecule has 6 nitrogen and oxygen atoms in total. The number of halogens is 1. The van der Waals surface area contributed by atoms with Gasteiger partial charge in [0.15, 0.2) is 5.82 Å². The number of nitrogens with zero attached hydrogens (tertiary/aromatic N) is 4. The summed E-state index contributed by atoms with van der Waals surface area (Å²) in [7, 11) is 0. The molecular formula is C31H29FN6. The summed E-state index contributed by atoms with van der Waals surface area (Å²) in [5.74, 6) is 0.343. The average Bonchev–Trinajstić information content (AvgIpc) is 3.70. The molecule has 0 amide bonds. The first-order chi connectivity index (χ1) is 18.6. The fourth-order valence-corrected chi connectivity index (χ4v) is 5.17. The molecular weight excluding hydrogens is 475 g/mol. The van der Waals surface area contributed by atoms with Gasteiger partial charge in [-0.25, -0.2) is 9.37 Å². The van der Waals surface area contributed by atoms with Gasteiger partial charge in [0.05, 0.1) is 22.7 Å². The minimum absolute atomic E-state index is 0.294. The van der Waals surface area contributed by atoms with E-state index in [4.69, 9.17) is 4.98 Å². The van der Waals surface area contributed by atoms with E-state index in [1.165, 1.54) is 30.7 Å². The molecule has 0 saturated carbocycles. The van der Waals surface area contributed by atoms with Gasteiger partial charge in [0.25, 0.3) is 0 Å². The van der Waals surface area contributed by atoms with E-state index in [1.54, 1.807) is 18.5 Å². The Morgan fingerprint density at radius 1 is 1.03 bits per heavy atom. The Balaban J connectivity index is 1.42. The van der Waals surface area contributed by atoms with Gasteiger partial charge >= 0.3 is 0 Å². The molecule has 2 aromatic carbocycles. The fourth-order valence-electron chi connectivity index (χ4n) is 5.17. The van der Waals surface area contributed by atoms with Crippen LogP contribution in [-0.4, -0.2) is 43.1 Å². The zero-order chi connectivity index (χ0) is 26.1. The maximum Gasteiger partial charge on any atom is 0.159 e. The van der Waals surface area contributed by atoms with E-state index in [0.29, 0.717) is 5.82 Å². The second-order valence-electron chi connectivity index (χ2n) is 9.52. The molecule has 0 bridgehead atoms. The number of nitrogens with one attached hydrogen (secondary N) is 2. The molecule has 5 aromatic rings. The number of hydrogen-bond acceptors (Lipinski definition) is 4. The third-order valence-corrected chi connectivity index (χ3v) is 7.07. The van der Waals surface area contributed by atoms with E-state index in [9.17, 15) is 4.39 Å². The number of aromatic amines is 2. The van der Waals surface area contributed by atoms with Crippen molar-refractivity contribution in [2.75, 3.05) is 13.1 Å². The number of likely N-dealkylation sites (tertiary alicyclic amines) is 1. The van der Waals surface area contributed by atoms with Crippen molar-refractivity contribution in [2.45, 2.75) is 26.7 Å². The van der Waals surface area contributed by atoms with Gasteiger partial charge in [-0.15, -0.1) is 0 Å². The van der Waals surface area contributed by atoms with E-state index in [0.717, 1.165) is 63.0 Å². The summed E-state index contributed by atoms with van der Waals surface area (Å²) in [4.78, 5) is 15.1. The predicted octanol–water partition coefficient (Wildman–Crippen LogP) is 7.27. The number of allylic oxidation sites excluding steroid dienone is 5. The minimum Gasteiger partial charge on any atom is -0.372 e. The Bertz CT molecular complexity index is 1720. The number of imidazole rings is 1. The van der Waals surface area contributed by atoms with Gasteiger partial charge in [-0.3, -0.25) is 10.1 Å². The molecule has 3 aromatic heterocycles. The van der Waals surface area contributed by atoms with Crippen LogP contribution in [0.4, 0.5) is 4.39 Å². The standard InChI is InChI=1S/C31H29FN6/c1-3-8-24(38-13-5-6-14-38)16-20(4-2)21-11-12-27-25(17-21)30(37-36-27)31-34-28-19-33-18-26(29(28)35-31)22-9-7-10-23(32)15-22/h3-4,7-12,15-19H,5-6,13-14H2,1-2H3,(H,34,35)(H,36,37)/b8-3+,20-4+,24-16+. The zero-order valence-electron chi connectivity index (χ0n) is 21.5. The Morgan fingerprint density at radius 2 is 1.89 bits per heavy atom. The number of fused-ring (bicyclic) bond motifs is 2. The number of pyridine rings is 1. The molecule has 1 aliphatic rings. The molecule has 0 atom stereocenters. The Labute approximate surface area is 220 Å². The molecule has 0 radical (unpaired) electrons. The maximum atomic E-state index is 13.9. The van der Waals surface area contributed by atoms with Crippen LogP contribution in [0.25, 0.3) is 50.2 Å². The van der Waals surface area contributed by atoms with E-state index in [1.807, 2.05) is 6.07 Å². The van der Waals surface area contributed by atoms with E-state index >= 15 is 0 Å². The second-order valence-corrected chi connectivity index (χ2v) is 9.52. The van der Waals surface area contributed by atoms with Crippen molar-refractivity contribution >= 4 is 27.5 Å². The average molecular weight is 505 g/mol. The third kappa shape index (κ3) is 4.41. The predicted molar refractivity (Wildman–Crippen MR) is 152 cm³/mol. The van der Waals surface area contributed by atoms with Crippen LogP contribution in [0, 0.1) is 5.82 Å². The molecule has 4 heterocycles. The summed E-state index contributed by atoms with van der Waals surface area (Å²) in [5, 5.41) is 8.72. The van der Waals surface area contributed by atoms with Crippen molar-refractivity contribution in [3.8, 4) is 22.6 Å². The van der Waals surface area contributed by atoms with Crippen LogP contribution in [0.2, 0.25) is 0 Å². The smallest absolute Gasteiger partial charge is 0.159 e. The lowest BCUT2D eigenvalue weighted by molar-refractivity contribution is 0.440. The second kappa shape index (κ2) is 10.1. The number of benzene rings is 2. The Kier molecular flexibility index (Phi) is 6.33. The lowest BCUT2D eigenvalue weighted by atomic mass is 10.0. The van der Waals surface area contributed by atoms with Gasteiger partial charge in [-0.05, 0) is 79.8 Å². The molecule has 1 saturated heterocycles. The highest BCUT2D eigenvalue weighted by molar-refractivity contribution is 5.98. The molecule has 190 valence electrons.